The lowest BCUT2D eigenvalue weighted by Crippen LogP contribution is -2.54. The first kappa shape index (κ1) is 21.7. The van der Waals surface area contributed by atoms with Crippen molar-refractivity contribution in [3.63, 3.8) is 0 Å². The normalized spacial score (nSPS) is 19.8. The summed E-state index contributed by atoms with van der Waals surface area (Å²) in [5.41, 5.74) is 10.4. The molecule has 0 bridgehead atoms. The number of carbonyl (C=O) groups is 2. The van der Waals surface area contributed by atoms with Gasteiger partial charge in [-0.2, -0.15) is 0 Å². The van der Waals surface area contributed by atoms with Crippen molar-refractivity contribution >= 4 is 28.7 Å². The summed E-state index contributed by atoms with van der Waals surface area (Å²) < 4.78 is 0. The smallest absolute Gasteiger partial charge is 0.246 e. The zero-order valence-electron chi connectivity index (χ0n) is 18.3. The maximum Gasteiger partial charge on any atom is 0.246 e. The highest BCUT2D eigenvalue weighted by Crippen LogP contribution is 2.38. The van der Waals surface area contributed by atoms with Crippen molar-refractivity contribution in [1.29, 1.82) is 0 Å². The number of allylic oxidation sites excluding steroid dienone is 1. The van der Waals surface area contributed by atoms with Crippen LogP contribution in [0.4, 0.5) is 0 Å². The molecule has 2 amide bonds. The third kappa shape index (κ3) is 4.29. The van der Waals surface area contributed by atoms with Crippen LogP contribution in [0.1, 0.15) is 61.5 Å². The predicted molar refractivity (Wildman–Crippen MR) is 123 cm³/mol. The summed E-state index contributed by atoms with van der Waals surface area (Å²) in [6, 6.07) is 7.16. The van der Waals surface area contributed by atoms with Gasteiger partial charge in [0.15, 0.2) is 0 Å². The number of aromatic nitrogens is 1. The molecular formula is C24H30N4O2S. The van der Waals surface area contributed by atoms with Gasteiger partial charge in [0.2, 0.25) is 11.8 Å². The minimum atomic E-state index is -0.646. The Balaban J connectivity index is 1.54. The number of thiazole rings is 1. The van der Waals surface area contributed by atoms with E-state index in [9.17, 15) is 9.59 Å². The van der Waals surface area contributed by atoms with E-state index in [-0.39, 0.29) is 23.8 Å². The second-order valence-electron chi connectivity index (χ2n) is 8.76. The molecule has 2 aliphatic rings. The summed E-state index contributed by atoms with van der Waals surface area (Å²) in [4.78, 5) is 32.4. The molecule has 2 heterocycles. The Kier molecular flexibility index (Phi) is 6.25. The summed E-state index contributed by atoms with van der Waals surface area (Å²) >= 11 is 1.62. The number of nitrogens with zero attached hydrogens (tertiary/aromatic N) is 2. The molecule has 1 saturated heterocycles. The van der Waals surface area contributed by atoms with Crippen LogP contribution in [-0.4, -0.2) is 40.3 Å². The minimum absolute atomic E-state index is 0.0246. The van der Waals surface area contributed by atoms with Crippen LogP contribution in [0.2, 0.25) is 0 Å². The minimum Gasteiger partial charge on any atom is -0.343 e. The van der Waals surface area contributed by atoms with E-state index in [4.69, 9.17) is 10.7 Å². The first-order valence-electron chi connectivity index (χ1n) is 11.0. The van der Waals surface area contributed by atoms with Crippen LogP contribution < -0.4 is 11.1 Å². The van der Waals surface area contributed by atoms with E-state index in [0.717, 1.165) is 30.0 Å². The standard InChI is InChI=1S/C24H30N4O2S/c1-14(2)21(27-22(29)15(3)25)24(30)28-12-6-9-20(28)23-26-19(13-31-23)18-11-10-16-7-4-5-8-17(16)18/h4-5,7-8,11,13-15,20-21H,6,9-10,12,25H2,1-3H3,(H,27,29)/t15-,20-,21-/m1/s1. The van der Waals surface area contributed by atoms with Gasteiger partial charge in [-0.25, -0.2) is 4.98 Å². The van der Waals surface area contributed by atoms with Crippen molar-refractivity contribution < 1.29 is 9.59 Å². The lowest BCUT2D eigenvalue weighted by molar-refractivity contribution is -0.138. The molecule has 4 rings (SSSR count). The molecule has 0 saturated carbocycles. The molecule has 1 fully saturated rings. The van der Waals surface area contributed by atoms with Gasteiger partial charge in [-0.3, -0.25) is 9.59 Å². The number of hydrogen-bond acceptors (Lipinski definition) is 5. The number of benzene rings is 1. The maximum absolute atomic E-state index is 13.4. The first-order chi connectivity index (χ1) is 14.9. The highest BCUT2D eigenvalue weighted by Gasteiger charge is 2.37. The third-order valence-corrected chi connectivity index (χ3v) is 7.04. The van der Waals surface area contributed by atoms with E-state index in [1.165, 1.54) is 16.7 Å². The van der Waals surface area contributed by atoms with Crippen molar-refractivity contribution in [3.05, 3.63) is 57.6 Å². The molecule has 0 unspecified atom stereocenters. The predicted octanol–water partition coefficient (Wildman–Crippen LogP) is 3.28. The molecule has 31 heavy (non-hydrogen) atoms. The van der Waals surface area contributed by atoms with Gasteiger partial charge < -0.3 is 16.0 Å². The molecular weight excluding hydrogens is 408 g/mol. The molecule has 7 heteroatoms. The van der Waals surface area contributed by atoms with E-state index in [0.29, 0.717) is 6.54 Å². The summed E-state index contributed by atoms with van der Waals surface area (Å²) in [5, 5.41) is 5.91. The fourth-order valence-corrected chi connectivity index (χ4v) is 5.32. The van der Waals surface area contributed by atoms with Crippen LogP contribution in [0.25, 0.3) is 5.57 Å². The molecule has 1 aliphatic carbocycles. The van der Waals surface area contributed by atoms with E-state index in [2.05, 4.69) is 41.0 Å². The van der Waals surface area contributed by atoms with E-state index < -0.39 is 12.1 Å². The number of rotatable bonds is 6. The molecule has 6 nitrogen and oxygen atoms in total. The highest BCUT2D eigenvalue weighted by atomic mass is 32.1. The molecule has 3 N–H and O–H groups in total. The van der Waals surface area contributed by atoms with Crippen molar-refractivity contribution in [3.8, 4) is 0 Å². The van der Waals surface area contributed by atoms with Gasteiger partial charge in [-0.05, 0) is 43.2 Å². The van der Waals surface area contributed by atoms with Gasteiger partial charge in [0, 0.05) is 17.5 Å². The third-order valence-electron chi connectivity index (χ3n) is 6.10. The number of likely N-dealkylation sites (tertiary alicyclic amines) is 1. The van der Waals surface area contributed by atoms with Crippen LogP contribution in [0, 0.1) is 5.92 Å². The average Bonchev–Trinajstić information content (AvgIpc) is 3.49. The Hall–Kier alpha value is -2.51. The summed E-state index contributed by atoms with van der Waals surface area (Å²) in [5.74, 6) is -0.372. The van der Waals surface area contributed by atoms with Crippen LogP contribution in [-0.2, 0) is 16.0 Å². The van der Waals surface area contributed by atoms with Crippen LogP contribution in [0.15, 0.2) is 35.7 Å². The fraction of sp³-hybridized carbons (Fsp3) is 0.458. The molecule has 0 radical (unpaired) electrons. The zero-order chi connectivity index (χ0) is 22.1. The van der Waals surface area contributed by atoms with Crippen LogP contribution in [0.5, 0.6) is 0 Å². The molecule has 164 valence electrons. The number of hydrogen-bond donors (Lipinski definition) is 2. The Bertz CT molecular complexity index is 1010. The second kappa shape index (κ2) is 8.93. The summed E-state index contributed by atoms with van der Waals surface area (Å²) in [7, 11) is 0. The van der Waals surface area contributed by atoms with E-state index in [1.54, 1.807) is 18.3 Å². The average molecular weight is 439 g/mol. The molecule has 1 aromatic carbocycles. The Morgan fingerprint density at radius 3 is 2.77 bits per heavy atom. The van der Waals surface area contributed by atoms with E-state index in [1.807, 2.05) is 18.7 Å². The van der Waals surface area contributed by atoms with Crippen molar-refractivity contribution in [2.24, 2.45) is 11.7 Å². The topological polar surface area (TPSA) is 88.3 Å². The van der Waals surface area contributed by atoms with Gasteiger partial charge >= 0.3 is 0 Å². The monoisotopic (exact) mass is 438 g/mol. The number of fused-ring (bicyclic) bond motifs is 1. The molecule has 2 aromatic rings. The lowest BCUT2D eigenvalue weighted by Gasteiger charge is -2.30. The first-order valence-corrected chi connectivity index (χ1v) is 11.9. The Labute approximate surface area is 187 Å². The number of carbonyl (C=O) groups excluding carboxylic acids is 2. The Morgan fingerprint density at radius 2 is 2.03 bits per heavy atom. The molecule has 3 atom stereocenters. The summed E-state index contributed by atoms with van der Waals surface area (Å²) in [6.07, 6.45) is 4.99. The largest absolute Gasteiger partial charge is 0.343 e. The van der Waals surface area contributed by atoms with Crippen LogP contribution in [0.3, 0.4) is 0 Å². The lowest BCUT2D eigenvalue weighted by atomic mass is 10.0. The van der Waals surface area contributed by atoms with E-state index >= 15 is 0 Å². The number of nitrogens with two attached hydrogens (primary N) is 1. The quantitative estimate of drug-likeness (QED) is 0.724. The van der Waals surface area contributed by atoms with Crippen molar-refractivity contribution in [2.75, 3.05) is 6.54 Å². The SMILES string of the molecule is CC(C)[C@@H](NC(=O)[C@@H](C)N)C(=O)N1CCC[C@@H]1c1nc(C2=CCc3ccccc32)cs1. The number of nitrogens with one attached hydrogen (secondary N) is 1. The van der Waals surface area contributed by atoms with Crippen molar-refractivity contribution in [2.45, 2.75) is 58.2 Å². The zero-order valence-corrected chi connectivity index (χ0v) is 19.1. The molecule has 1 aromatic heterocycles. The number of amides is 2. The van der Waals surface area contributed by atoms with Crippen LogP contribution >= 0.6 is 11.3 Å². The van der Waals surface area contributed by atoms with Crippen molar-refractivity contribution in [1.82, 2.24) is 15.2 Å². The highest BCUT2D eigenvalue weighted by molar-refractivity contribution is 7.09. The molecule has 1 aliphatic heterocycles. The fourth-order valence-electron chi connectivity index (χ4n) is 4.35. The second-order valence-corrected chi connectivity index (χ2v) is 9.65. The van der Waals surface area contributed by atoms with Gasteiger partial charge in [0.1, 0.15) is 11.0 Å². The van der Waals surface area contributed by atoms with Gasteiger partial charge in [0.25, 0.3) is 0 Å². The Morgan fingerprint density at radius 1 is 1.26 bits per heavy atom. The molecule has 0 spiro atoms. The van der Waals surface area contributed by atoms with Gasteiger partial charge in [0.05, 0.1) is 17.8 Å². The van der Waals surface area contributed by atoms with Gasteiger partial charge in [-0.1, -0.05) is 44.2 Å². The maximum atomic E-state index is 13.4. The van der Waals surface area contributed by atoms with Gasteiger partial charge in [-0.15, -0.1) is 11.3 Å². The summed E-state index contributed by atoms with van der Waals surface area (Å²) in [6.45, 7) is 6.20.